The number of nitriles is 1. The fourth-order valence-corrected chi connectivity index (χ4v) is 2.29. The molecule has 0 saturated heterocycles. The van der Waals surface area contributed by atoms with Crippen LogP contribution in [0.1, 0.15) is 26.1 Å². The Hall–Kier alpha value is -1.06. The van der Waals surface area contributed by atoms with Crippen molar-refractivity contribution in [3.8, 4) is 6.07 Å². The molecule has 0 aliphatic carbocycles. The van der Waals surface area contributed by atoms with Crippen LogP contribution in [0.5, 0.6) is 0 Å². The monoisotopic (exact) mass is 239 g/mol. The Bertz CT molecular complexity index is 390. The third-order valence-corrected chi connectivity index (χ3v) is 3.39. The summed E-state index contributed by atoms with van der Waals surface area (Å²) in [7, 11) is 1.90. The Morgan fingerprint density at radius 2 is 2.19 bits per heavy atom. The standard InChI is InChI=1S/C10H17N5S/c1-10(2,7-12)4-5-16-9-14-13-8(6-11)15(9)3/h4-6,11H2,1-3H3. The van der Waals surface area contributed by atoms with Gasteiger partial charge in [-0.25, -0.2) is 0 Å². The van der Waals surface area contributed by atoms with Gasteiger partial charge in [0.25, 0.3) is 0 Å². The summed E-state index contributed by atoms with van der Waals surface area (Å²) in [6.07, 6.45) is 0.832. The average Bonchev–Trinajstić information content (AvgIpc) is 2.60. The minimum atomic E-state index is -0.276. The summed E-state index contributed by atoms with van der Waals surface area (Å²) in [6.45, 7) is 4.28. The maximum Gasteiger partial charge on any atom is 0.190 e. The van der Waals surface area contributed by atoms with Crippen LogP contribution in [-0.2, 0) is 13.6 Å². The molecule has 0 spiro atoms. The van der Waals surface area contributed by atoms with E-state index >= 15 is 0 Å². The van der Waals surface area contributed by atoms with Crippen LogP contribution < -0.4 is 5.73 Å². The number of hydrogen-bond acceptors (Lipinski definition) is 5. The van der Waals surface area contributed by atoms with Crippen molar-refractivity contribution in [3.05, 3.63) is 5.82 Å². The molecule has 1 aromatic heterocycles. The number of nitrogens with two attached hydrogens (primary N) is 1. The Kier molecular flexibility index (Phi) is 4.33. The largest absolute Gasteiger partial charge is 0.324 e. The maximum atomic E-state index is 8.88. The number of aromatic nitrogens is 3. The molecule has 0 saturated carbocycles. The zero-order valence-corrected chi connectivity index (χ0v) is 10.7. The van der Waals surface area contributed by atoms with E-state index in [-0.39, 0.29) is 5.41 Å². The minimum Gasteiger partial charge on any atom is -0.324 e. The van der Waals surface area contributed by atoms with E-state index in [2.05, 4.69) is 16.3 Å². The Balaban J connectivity index is 2.50. The van der Waals surface area contributed by atoms with Crippen LogP contribution in [-0.4, -0.2) is 20.5 Å². The van der Waals surface area contributed by atoms with Gasteiger partial charge in [0, 0.05) is 12.8 Å². The van der Waals surface area contributed by atoms with Gasteiger partial charge >= 0.3 is 0 Å². The second-order valence-electron chi connectivity index (χ2n) is 4.26. The van der Waals surface area contributed by atoms with Crippen molar-refractivity contribution in [2.75, 3.05) is 5.75 Å². The first-order valence-corrected chi connectivity index (χ1v) is 6.11. The first-order chi connectivity index (χ1) is 7.50. The van der Waals surface area contributed by atoms with Crippen molar-refractivity contribution >= 4 is 11.8 Å². The molecule has 0 atom stereocenters. The van der Waals surface area contributed by atoms with Crippen molar-refractivity contribution in [2.45, 2.75) is 32.0 Å². The third kappa shape index (κ3) is 3.22. The maximum absolute atomic E-state index is 8.88. The summed E-state index contributed by atoms with van der Waals surface area (Å²) >= 11 is 1.61. The van der Waals surface area contributed by atoms with Crippen molar-refractivity contribution in [1.82, 2.24) is 14.8 Å². The number of hydrogen-bond donors (Lipinski definition) is 1. The Morgan fingerprint density at radius 3 is 2.69 bits per heavy atom. The molecule has 0 aliphatic rings. The van der Waals surface area contributed by atoms with E-state index in [4.69, 9.17) is 11.0 Å². The van der Waals surface area contributed by atoms with Crippen molar-refractivity contribution in [3.63, 3.8) is 0 Å². The SMILES string of the molecule is Cn1c(CN)nnc1SCCC(C)(C)C#N. The van der Waals surface area contributed by atoms with Crippen LogP contribution in [0.3, 0.4) is 0 Å². The van der Waals surface area contributed by atoms with Crippen LogP contribution in [0.4, 0.5) is 0 Å². The minimum absolute atomic E-state index is 0.276. The molecule has 0 bridgehead atoms. The molecule has 1 rings (SSSR count). The van der Waals surface area contributed by atoms with Gasteiger partial charge in [0.2, 0.25) is 0 Å². The second kappa shape index (κ2) is 5.32. The van der Waals surface area contributed by atoms with Gasteiger partial charge in [-0.2, -0.15) is 5.26 Å². The molecule has 1 aromatic rings. The average molecular weight is 239 g/mol. The lowest BCUT2D eigenvalue weighted by Crippen LogP contribution is -2.09. The van der Waals surface area contributed by atoms with E-state index in [0.29, 0.717) is 6.54 Å². The van der Waals surface area contributed by atoms with E-state index in [9.17, 15) is 0 Å². The first-order valence-electron chi connectivity index (χ1n) is 5.12. The normalized spacial score (nSPS) is 11.4. The van der Waals surface area contributed by atoms with Crippen LogP contribution in [0.15, 0.2) is 5.16 Å². The Morgan fingerprint density at radius 1 is 1.50 bits per heavy atom. The molecule has 1 heterocycles. The van der Waals surface area contributed by atoms with Crippen molar-refractivity contribution < 1.29 is 0 Å². The highest BCUT2D eigenvalue weighted by atomic mass is 32.2. The molecular weight excluding hydrogens is 222 g/mol. The number of nitrogens with zero attached hydrogens (tertiary/aromatic N) is 4. The summed E-state index contributed by atoms with van der Waals surface area (Å²) in [6, 6.07) is 2.28. The molecular formula is C10H17N5S. The summed E-state index contributed by atoms with van der Waals surface area (Å²) in [5, 5.41) is 17.8. The highest BCUT2D eigenvalue weighted by Gasteiger charge is 2.17. The van der Waals surface area contributed by atoms with E-state index in [0.717, 1.165) is 23.2 Å². The summed E-state index contributed by atoms with van der Waals surface area (Å²) in [5.41, 5.74) is 5.23. The second-order valence-corrected chi connectivity index (χ2v) is 5.32. The topological polar surface area (TPSA) is 80.5 Å². The third-order valence-electron chi connectivity index (χ3n) is 2.37. The number of rotatable bonds is 5. The zero-order valence-electron chi connectivity index (χ0n) is 9.90. The van der Waals surface area contributed by atoms with E-state index in [1.807, 2.05) is 25.5 Å². The highest BCUT2D eigenvalue weighted by molar-refractivity contribution is 7.99. The van der Waals surface area contributed by atoms with Gasteiger partial charge < -0.3 is 10.3 Å². The quantitative estimate of drug-likeness (QED) is 0.783. The summed E-state index contributed by atoms with van der Waals surface area (Å²) in [4.78, 5) is 0. The van der Waals surface area contributed by atoms with Gasteiger partial charge in [-0.3, -0.25) is 0 Å². The van der Waals surface area contributed by atoms with E-state index in [1.54, 1.807) is 11.8 Å². The summed E-state index contributed by atoms with van der Waals surface area (Å²) < 4.78 is 1.89. The molecule has 0 fully saturated rings. The van der Waals surface area contributed by atoms with Crippen LogP contribution in [0, 0.1) is 16.7 Å². The molecule has 88 valence electrons. The molecule has 6 heteroatoms. The molecule has 0 unspecified atom stereocenters. The fraction of sp³-hybridized carbons (Fsp3) is 0.700. The molecule has 5 nitrogen and oxygen atoms in total. The molecule has 16 heavy (non-hydrogen) atoms. The van der Waals surface area contributed by atoms with Crippen LogP contribution >= 0.6 is 11.8 Å². The molecule has 0 aromatic carbocycles. The van der Waals surface area contributed by atoms with Gasteiger partial charge in [-0.1, -0.05) is 11.8 Å². The highest BCUT2D eigenvalue weighted by Crippen LogP contribution is 2.24. The Labute approximate surface area is 100 Å². The molecule has 2 N–H and O–H groups in total. The molecule has 0 radical (unpaired) electrons. The van der Waals surface area contributed by atoms with Gasteiger partial charge in [0.15, 0.2) is 5.16 Å². The van der Waals surface area contributed by atoms with Gasteiger partial charge in [-0.05, 0) is 20.3 Å². The van der Waals surface area contributed by atoms with E-state index in [1.165, 1.54) is 0 Å². The smallest absolute Gasteiger partial charge is 0.190 e. The lowest BCUT2D eigenvalue weighted by molar-refractivity contribution is 0.481. The van der Waals surface area contributed by atoms with Gasteiger partial charge in [0.05, 0.1) is 18.0 Å². The lowest BCUT2D eigenvalue weighted by atomic mass is 9.93. The van der Waals surface area contributed by atoms with Crippen LogP contribution in [0.2, 0.25) is 0 Å². The lowest BCUT2D eigenvalue weighted by Gasteiger charge is -2.13. The van der Waals surface area contributed by atoms with Gasteiger partial charge in [0.1, 0.15) is 5.82 Å². The predicted octanol–water partition coefficient (Wildman–Crippen LogP) is 1.31. The predicted molar refractivity (Wildman–Crippen MR) is 63.6 cm³/mol. The van der Waals surface area contributed by atoms with Gasteiger partial charge in [-0.15, -0.1) is 10.2 Å². The van der Waals surface area contributed by atoms with Crippen molar-refractivity contribution in [2.24, 2.45) is 18.2 Å². The zero-order chi connectivity index (χ0) is 12.2. The summed E-state index contributed by atoms with van der Waals surface area (Å²) in [5.74, 6) is 1.64. The van der Waals surface area contributed by atoms with Crippen molar-refractivity contribution in [1.29, 1.82) is 5.26 Å². The fourth-order valence-electron chi connectivity index (χ4n) is 1.10. The number of thioether (sulfide) groups is 1. The molecule has 0 amide bonds. The first kappa shape index (κ1) is 13.0. The molecule has 0 aliphatic heterocycles. The van der Waals surface area contributed by atoms with Crippen LogP contribution in [0.25, 0.3) is 0 Å². The van der Waals surface area contributed by atoms with E-state index < -0.39 is 0 Å².